The fraction of sp³-hybridized carbons (Fsp3) is 0.429. The van der Waals surface area contributed by atoms with Crippen molar-refractivity contribution >= 4 is 44.7 Å². The van der Waals surface area contributed by atoms with E-state index in [-0.39, 0.29) is 10.9 Å². The van der Waals surface area contributed by atoms with Gasteiger partial charge in [-0.2, -0.15) is 0 Å². The summed E-state index contributed by atoms with van der Waals surface area (Å²) in [7, 11) is 0. The molecule has 4 nitrogen and oxygen atoms in total. The van der Waals surface area contributed by atoms with Crippen molar-refractivity contribution in [2.45, 2.75) is 19.8 Å². The number of carbonyl (C=O) groups is 1. The fourth-order valence-electron chi connectivity index (χ4n) is 2.29. The highest BCUT2D eigenvalue weighted by atomic mass is 79.9. The molecule has 0 saturated carbocycles. The molecule has 1 fully saturated rings. The summed E-state index contributed by atoms with van der Waals surface area (Å²) in [5, 5.41) is 2.93. The maximum Gasteiger partial charge on any atom is 0.237 e. The van der Waals surface area contributed by atoms with E-state index in [1.165, 1.54) is 0 Å². The molecule has 1 amide bonds. The number of rotatable bonds is 3. The van der Waals surface area contributed by atoms with Crippen molar-refractivity contribution in [3.63, 3.8) is 0 Å². The number of halogens is 1. The van der Waals surface area contributed by atoms with E-state index in [4.69, 9.17) is 22.7 Å². The summed E-state index contributed by atoms with van der Waals surface area (Å²) in [4.78, 5) is 12.9. The van der Waals surface area contributed by atoms with Gasteiger partial charge in [0.15, 0.2) is 0 Å². The molecule has 6 heteroatoms. The number of thiocarbonyl (C=S) groups is 1. The predicted octanol–water partition coefficient (Wildman–Crippen LogP) is 2.78. The van der Waals surface area contributed by atoms with Gasteiger partial charge < -0.3 is 15.8 Å². The molecule has 0 aromatic heterocycles. The third-order valence-corrected chi connectivity index (χ3v) is 5.14. The zero-order chi connectivity index (χ0) is 14.8. The normalized spacial score (nSPS) is 17.5. The highest BCUT2D eigenvalue weighted by molar-refractivity contribution is 9.10. The Balaban J connectivity index is 2.25. The molecule has 20 heavy (non-hydrogen) atoms. The molecule has 1 aromatic carbocycles. The van der Waals surface area contributed by atoms with Gasteiger partial charge >= 0.3 is 0 Å². The zero-order valence-corrected chi connectivity index (χ0v) is 13.6. The molecule has 1 aliphatic heterocycles. The molecule has 1 saturated heterocycles. The van der Waals surface area contributed by atoms with E-state index in [0.717, 1.165) is 15.7 Å². The molecule has 3 N–H and O–H groups in total. The van der Waals surface area contributed by atoms with Crippen LogP contribution in [0.25, 0.3) is 0 Å². The number of hydrogen-bond donors (Lipinski definition) is 2. The number of nitrogens with one attached hydrogen (secondary N) is 1. The van der Waals surface area contributed by atoms with Crippen LogP contribution in [-0.2, 0) is 9.53 Å². The number of carbonyl (C=O) groups excluding carboxylic acids is 1. The maximum atomic E-state index is 12.6. The van der Waals surface area contributed by atoms with Crippen LogP contribution in [0.4, 0.5) is 5.69 Å². The number of ether oxygens (including phenoxy) is 1. The lowest BCUT2D eigenvalue weighted by molar-refractivity contribution is -0.126. The Bertz CT molecular complexity index is 542. The second-order valence-electron chi connectivity index (χ2n) is 4.95. The number of benzene rings is 1. The first-order chi connectivity index (χ1) is 9.47. The summed E-state index contributed by atoms with van der Waals surface area (Å²) >= 11 is 8.61. The Hall–Kier alpha value is -0.980. The lowest BCUT2D eigenvalue weighted by Crippen LogP contribution is -2.49. The van der Waals surface area contributed by atoms with Crippen molar-refractivity contribution in [3.8, 4) is 0 Å². The molecule has 1 aliphatic rings. The summed E-state index contributed by atoms with van der Waals surface area (Å²) in [6.45, 7) is 2.97. The molecular weight excluding hydrogens is 340 g/mol. The monoisotopic (exact) mass is 356 g/mol. The van der Waals surface area contributed by atoms with Gasteiger partial charge in [0.1, 0.15) is 5.41 Å². The number of nitrogens with two attached hydrogens (primary N) is 1. The van der Waals surface area contributed by atoms with Gasteiger partial charge in [-0.25, -0.2) is 0 Å². The molecule has 0 aliphatic carbocycles. The minimum atomic E-state index is -0.809. The Morgan fingerprint density at radius 1 is 1.45 bits per heavy atom. The first-order valence-corrected chi connectivity index (χ1v) is 7.62. The van der Waals surface area contributed by atoms with Crippen molar-refractivity contribution in [1.29, 1.82) is 0 Å². The van der Waals surface area contributed by atoms with Crippen LogP contribution < -0.4 is 11.1 Å². The number of anilines is 1. The smallest absolute Gasteiger partial charge is 0.237 e. The number of amides is 1. The zero-order valence-electron chi connectivity index (χ0n) is 11.2. The molecule has 1 heterocycles. The van der Waals surface area contributed by atoms with Crippen molar-refractivity contribution in [2.24, 2.45) is 11.1 Å². The lowest BCUT2D eigenvalue weighted by atomic mass is 9.79. The number of hydrogen-bond acceptors (Lipinski definition) is 3. The van der Waals surface area contributed by atoms with Crippen molar-refractivity contribution < 1.29 is 9.53 Å². The van der Waals surface area contributed by atoms with Crippen molar-refractivity contribution in [2.75, 3.05) is 18.5 Å². The standard InChI is InChI=1S/C14H17BrN2O2S/c1-9-3-2-4-10(11(9)15)17-13(18)14(12(16)20)5-7-19-8-6-14/h2-4H,5-8H2,1H3,(H2,16,20)(H,17,18). The van der Waals surface area contributed by atoms with Gasteiger partial charge in [-0.05, 0) is 47.3 Å². The van der Waals surface area contributed by atoms with Gasteiger partial charge in [-0.15, -0.1) is 0 Å². The van der Waals surface area contributed by atoms with Crippen LogP contribution in [0, 0.1) is 12.3 Å². The Morgan fingerprint density at radius 2 is 2.10 bits per heavy atom. The van der Waals surface area contributed by atoms with E-state index < -0.39 is 5.41 Å². The minimum Gasteiger partial charge on any atom is -0.392 e. The third-order valence-electron chi connectivity index (χ3n) is 3.69. The molecule has 0 spiro atoms. The van der Waals surface area contributed by atoms with E-state index in [1.807, 2.05) is 25.1 Å². The summed E-state index contributed by atoms with van der Waals surface area (Å²) in [6.07, 6.45) is 1.05. The van der Waals surface area contributed by atoms with Crippen LogP contribution >= 0.6 is 28.1 Å². The summed E-state index contributed by atoms with van der Waals surface area (Å²) in [5.74, 6) is -0.153. The van der Waals surface area contributed by atoms with Crippen LogP contribution in [0.5, 0.6) is 0 Å². The van der Waals surface area contributed by atoms with Crippen LogP contribution in [0.1, 0.15) is 18.4 Å². The van der Waals surface area contributed by atoms with Crippen molar-refractivity contribution in [3.05, 3.63) is 28.2 Å². The largest absolute Gasteiger partial charge is 0.392 e. The van der Waals surface area contributed by atoms with E-state index in [0.29, 0.717) is 26.1 Å². The molecule has 1 aromatic rings. The number of aryl methyl sites for hydroxylation is 1. The van der Waals surface area contributed by atoms with Gasteiger partial charge in [0.05, 0.1) is 10.7 Å². The molecule has 2 rings (SSSR count). The average Bonchev–Trinajstić information content (AvgIpc) is 2.44. The van der Waals surface area contributed by atoms with E-state index in [9.17, 15) is 4.79 Å². The quantitative estimate of drug-likeness (QED) is 0.817. The SMILES string of the molecule is Cc1cccc(NC(=O)C2(C(N)=S)CCOCC2)c1Br. The van der Waals surface area contributed by atoms with E-state index in [2.05, 4.69) is 21.2 Å². The molecular formula is C14H17BrN2O2S. The molecule has 108 valence electrons. The van der Waals surface area contributed by atoms with Crippen LogP contribution in [0.15, 0.2) is 22.7 Å². The van der Waals surface area contributed by atoms with Crippen LogP contribution in [0.3, 0.4) is 0 Å². The van der Waals surface area contributed by atoms with Gasteiger partial charge in [-0.1, -0.05) is 24.4 Å². The third kappa shape index (κ3) is 2.87. The highest BCUT2D eigenvalue weighted by Crippen LogP contribution is 2.34. The Kier molecular flexibility index (Phi) is 4.78. The molecule has 0 unspecified atom stereocenters. The first-order valence-electron chi connectivity index (χ1n) is 6.41. The maximum absolute atomic E-state index is 12.6. The second kappa shape index (κ2) is 6.20. The summed E-state index contributed by atoms with van der Waals surface area (Å²) in [5.41, 5.74) is 6.81. The molecule has 0 atom stereocenters. The second-order valence-corrected chi connectivity index (χ2v) is 6.18. The van der Waals surface area contributed by atoms with E-state index >= 15 is 0 Å². The van der Waals surface area contributed by atoms with Crippen LogP contribution in [-0.4, -0.2) is 24.1 Å². The summed E-state index contributed by atoms with van der Waals surface area (Å²) in [6, 6.07) is 5.71. The van der Waals surface area contributed by atoms with Crippen LogP contribution in [0.2, 0.25) is 0 Å². The fourth-order valence-corrected chi connectivity index (χ4v) is 2.95. The molecule has 0 radical (unpaired) electrons. The van der Waals surface area contributed by atoms with Crippen molar-refractivity contribution in [1.82, 2.24) is 0 Å². The van der Waals surface area contributed by atoms with E-state index in [1.54, 1.807) is 0 Å². The van der Waals surface area contributed by atoms with Gasteiger partial charge in [0.2, 0.25) is 5.91 Å². The van der Waals surface area contributed by atoms with Gasteiger partial charge in [-0.3, -0.25) is 4.79 Å². The topological polar surface area (TPSA) is 64.4 Å². The lowest BCUT2D eigenvalue weighted by Gasteiger charge is -2.34. The Labute approximate surface area is 132 Å². The predicted molar refractivity (Wildman–Crippen MR) is 86.8 cm³/mol. The average molecular weight is 357 g/mol. The Morgan fingerprint density at radius 3 is 2.70 bits per heavy atom. The molecule has 0 bridgehead atoms. The summed E-state index contributed by atoms with van der Waals surface area (Å²) < 4.78 is 6.19. The first kappa shape index (κ1) is 15.4. The minimum absolute atomic E-state index is 0.153. The van der Waals surface area contributed by atoms with Gasteiger partial charge in [0.25, 0.3) is 0 Å². The highest BCUT2D eigenvalue weighted by Gasteiger charge is 2.43. The van der Waals surface area contributed by atoms with Gasteiger partial charge in [0, 0.05) is 17.7 Å².